The van der Waals surface area contributed by atoms with Crippen LogP contribution in [0.15, 0.2) is 0 Å². The first-order valence-corrected chi connectivity index (χ1v) is 18.2. The number of carbonyl (C=O) groups excluding carboxylic acids is 3. The molecule has 2 aliphatic rings. The third-order valence-electron chi connectivity index (χ3n) is 6.22. The van der Waals surface area contributed by atoms with Crippen LogP contribution in [0.3, 0.4) is 0 Å². The number of hydrogen-bond donors (Lipinski definition) is 0. The number of nitrogens with zero attached hydrogens (tertiary/aromatic N) is 2. The van der Waals surface area contributed by atoms with Gasteiger partial charge in [-0.05, 0) is 51.4 Å². The molecule has 0 aliphatic carbocycles. The van der Waals surface area contributed by atoms with Crippen molar-refractivity contribution >= 4 is 61.5 Å². The summed E-state index contributed by atoms with van der Waals surface area (Å²) in [5.41, 5.74) is 0. The van der Waals surface area contributed by atoms with E-state index < -0.39 is 6.16 Å². The van der Waals surface area contributed by atoms with E-state index in [1.54, 1.807) is 21.6 Å². The molecule has 2 rings (SSSR count). The van der Waals surface area contributed by atoms with Gasteiger partial charge >= 0.3 is 6.16 Å². The zero-order valence-corrected chi connectivity index (χ0v) is 25.2. The van der Waals surface area contributed by atoms with Crippen molar-refractivity contribution in [2.45, 2.75) is 116 Å². The molecule has 11 heteroatoms. The van der Waals surface area contributed by atoms with Gasteiger partial charge in [0.05, 0.1) is 0 Å². The molecule has 2 unspecified atom stereocenters. The Labute approximate surface area is 233 Å². The molecule has 0 aromatic rings. The fourth-order valence-electron chi connectivity index (χ4n) is 4.13. The largest absolute Gasteiger partial charge is 0.508 e. The maximum Gasteiger partial charge on any atom is 0.508 e. The highest BCUT2D eigenvalue weighted by molar-refractivity contribution is 8.76. The summed E-state index contributed by atoms with van der Waals surface area (Å²) >= 11 is 0. The summed E-state index contributed by atoms with van der Waals surface area (Å²) < 4.78 is 15.2. The summed E-state index contributed by atoms with van der Waals surface area (Å²) in [4.78, 5) is 37.4. The van der Waals surface area contributed by atoms with Gasteiger partial charge in [-0.1, -0.05) is 61.1 Å². The van der Waals surface area contributed by atoms with Crippen LogP contribution in [0.1, 0.15) is 104 Å². The van der Waals surface area contributed by atoms with Gasteiger partial charge in [0.2, 0.25) is 11.8 Å². The van der Waals surface area contributed by atoms with E-state index in [9.17, 15) is 14.4 Å². The first kappa shape index (κ1) is 31.8. The number of unbranched alkanes of at least 4 members (excludes halogenated alkanes) is 4. The molecular formula is C25H44N2O5S4. The molecule has 2 saturated heterocycles. The second kappa shape index (κ2) is 19.6. The molecule has 0 saturated carbocycles. The Balaban J connectivity index is 1.79. The van der Waals surface area contributed by atoms with Crippen LogP contribution in [0.2, 0.25) is 0 Å². The normalized spacial score (nSPS) is 17.3. The van der Waals surface area contributed by atoms with Gasteiger partial charge in [-0.3, -0.25) is 18.2 Å². The Morgan fingerprint density at radius 2 is 1.08 bits per heavy atom. The minimum absolute atomic E-state index is 0.163. The highest BCUT2D eigenvalue weighted by Crippen LogP contribution is 2.34. The lowest BCUT2D eigenvalue weighted by Gasteiger charge is -2.22. The summed E-state index contributed by atoms with van der Waals surface area (Å²) in [7, 11) is 6.49. The Morgan fingerprint density at radius 3 is 1.44 bits per heavy atom. The van der Waals surface area contributed by atoms with E-state index in [4.69, 9.17) is 9.47 Å². The van der Waals surface area contributed by atoms with Crippen LogP contribution < -0.4 is 0 Å². The predicted octanol–water partition coefficient (Wildman–Crippen LogP) is 7.66. The van der Waals surface area contributed by atoms with E-state index in [0.29, 0.717) is 38.5 Å². The minimum Gasteiger partial charge on any atom is -0.431 e. The Bertz CT molecular complexity index is 594. The van der Waals surface area contributed by atoms with Gasteiger partial charge in [0.25, 0.3) is 0 Å². The van der Waals surface area contributed by atoms with Gasteiger partial charge in [-0.2, -0.15) is 0 Å². The van der Waals surface area contributed by atoms with Gasteiger partial charge in [-0.25, -0.2) is 4.79 Å². The molecule has 208 valence electrons. The molecule has 2 fully saturated rings. The molecule has 0 N–H and O–H groups in total. The quantitative estimate of drug-likeness (QED) is 0.0703. The number of hydrogen-bond acceptors (Lipinski definition) is 9. The van der Waals surface area contributed by atoms with Crippen molar-refractivity contribution in [3.63, 3.8) is 0 Å². The summed E-state index contributed by atoms with van der Waals surface area (Å²) in [6.45, 7) is 5.92. The fraction of sp³-hybridized carbons (Fsp3) is 0.880. The molecule has 0 spiro atoms. The summed E-state index contributed by atoms with van der Waals surface area (Å²) in [6, 6.07) is 0. The van der Waals surface area contributed by atoms with E-state index in [2.05, 4.69) is 13.8 Å². The van der Waals surface area contributed by atoms with Crippen molar-refractivity contribution in [1.82, 2.24) is 8.61 Å². The summed E-state index contributed by atoms with van der Waals surface area (Å²) in [5.74, 6) is 2.29. The molecule has 0 aromatic heterocycles. The average Bonchev–Trinajstić information content (AvgIpc) is 3.59. The highest BCUT2D eigenvalue weighted by Gasteiger charge is 2.24. The third-order valence-corrected chi connectivity index (χ3v) is 11.0. The molecule has 2 atom stereocenters. The van der Waals surface area contributed by atoms with Gasteiger partial charge in [0.1, 0.15) is 12.2 Å². The van der Waals surface area contributed by atoms with Crippen molar-refractivity contribution in [2.75, 3.05) is 24.6 Å². The van der Waals surface area contributed by atoms with Crippen LogP contribution in [0, 0.1) is 0 Å². The minimum atomic E-state index is -0.603. The van der Waals surface area contributed by atoms with E-state index >= 15 is 0 Å². The van der Waals surface area contributed by atoms with E-state index in [1.165, 1.54) is 22.0 Å². The van der Waals surface area contributed by atoms with Crippen molar-refractivity contribution in [3.05, 3.63) is 0 Å². The molecular weight excluding hydrogens is 537 g/mol. The van der Waals surface area contributed by atoms with E-state index in [0.717, 1.165) is 76.0 Å². The second-order valence-electron chi connectivity index (χ2n) is 9.29. The van der Waals surface area contributed by atoms with E-state index in [1.807, 2.05) is 8.61 Å². The van der Waals surface area contributed by atoms with E-state index in [-0.39, 0.29) is 24.0 Å². The lowest BCUT2D eigenvalue weighted by atomic mass is 10.0. The molecule has 0 aromatic carbocycles. The topological polar surface area (TPSA) is 76.1 Å². The maximum absolute atomic E-state index is 12.7. The van der Waals surface area contributed by atoms with Crippen molar-refractivity contribution in [1.29, 1.82) is 0 Å². The Kier molecular flexibility index (Phi) is 17.4. The summed E-state index contributed by atoms with van der Waals surface area (Å²) in [6.07, 6.45) is 10.7. The van der Waals surface area contributed by atoms with Crippen LogP contribution in [0.25, 0.3) is 0 Å². The first-order chi connectivity index (χ1) is 17.5. The van der Waals surface area contributed by atoms with Crippen LogP contribution in [-0.4, -0.2) is 63.4 Å². The molecule has 0 bridgehead atoms. The standard InChI is InChI=1S/C25H44N2O5S4/c1-3-5-7-11-21(13-9-15-23(28)26-17-19-33-35-26)31-25(30)32-22(12-8-6-4-2)14-10-16-24(29)27-18-20-34-36-27/h21-22H,3-20H2,1-2H3. The smallest absolute Gasteiger partial charge is 0.431 e. The molecule has 0 radical (unpaired) electrons. The number of rotatable bonds is 18. The van der Waals surface area contributed by atoms with Gasteiger partial charge < -0.3 is 9.47 Å². The number of ether oxygens (including phenoxy) is 2. The average molecular weight is 581 g/mol. The van der Waals surface area contributed by atoms with Crippen molar-refractivity contribution in [3.8, 4) is 0 Å². The number of carbonyl (C=O) groups is 3. The fourth-order valence-corrected chi connectivity index (χ4v) is 8.56. The first-order valence-electron chi connectivity index (χ1n) is 13.6. The predicted molar refractivity (Wildman–Crippen MR) is 155 cm³/mol. The van der Waals surface area contributed by atoms with Crippen LogP contribution >= 0.6 is 43.5 Å². The lowest BCUT2D eigenvalue weighted by Crippen LogP contribution is -2.26. The molecule has 7 nitrogen and oxygen atoms in total. The van der Waals surface area contributed by atoms with Crippen LogP contribution in [-0.2, 0) is 19.1 Å². The van der Waals surface area contributed by atoms with Gasteiger partial charge in [-0.15, -0.1) is 0 Å². The van der Waals surface area contributed by atoms with Crippen molar-refractivity contribution < 1.29 is 23.9 Å². The zero-order chi connectivity index (χ0) is 26.0. The lowest BCUT2D eigenvalue weighted by molar-refractivity contribution is -0.126. The Morgan fingerprint density at radius 1 is 0.667 bits per heavy atom. The van der Waals surface area contributed by atoms with Gasteiger partial charge in [0, 0.05) is 59.4 Å². The SMILES string of the molecule is CCCCCC(CCCC(=O)N1CCSS1)OC(=O)OC(CCCCC)CCCC(=O)N1CCSS1. The maximum atomic E-state index is 12.7. The Hall–Kier alpha value is -0.390. The van der Waals surface area contributed by atoms with Crippen LogP contribution in [0.4, 0.5) is 4.79 Å². The summed E-state index contributed by atoms with van der Waals surface area (Å²) in [5, 5.41) is 0. The molecule has 36 heavy (non-hydrogen) atoms. The number of amides is 2. The molecule has 2 amide bonds. The second-order valence-corrected chi connectivity index (χ2v) is 14.1. The monoisotopic (exact) mass is 580 g/mol. The zero-order valence-electron chi connectivity index (χ0n) is 22.0. The van der Waals surface area contributed by atoms with Crippen molar-refractivity contribution in [2.24, 2.45) is 0 Å². The highest BCUT2D eigenvalue weighted by atomic mass is 33.1. The molecule has 2 heterocycles. The third kappa shape index (κ3) is 13.4. The van der Waals surface area contributed by atoms with Gasteiger partial charge in [0.15, 0.2) is 0 Å². The van der Waals surface area contributed by atoms with Crippen LogP contribution in [0.5, 0.6) is 0 Å². The molecule has 2 aliphatic heterocycles.